The summed E-state index contributed by atoms with van der Waals surface area (Å²) in [6.07, 6.45) is 2.07. The van der Waals surface area contributed by atoms with Gasteiger partial charge >= 0.3 is 0 Å². The van der Waals surface area contributed by atoms with Gasteiger partial charge in [-0.05, 0) is 66.8 Å². The maximum Gasteiger partial charge on any atom is 0.203 e. The van der Waals surface area contributed by atoms with E-state index in [4.69, 9.17) is 4.74 Å². The molecule has 0 unspecified atom stereocenters. The molecule has 1 aliphatic heterocycles. The molecule has 3 aromatic carbocycles. The van der Waals surface area contributed by atoms with Crippen LogP contribution in [0.4, 0.5) is 0 Å². The molecule has 4 nitrogen and oxygen atoms in total. The van der Waals surface area contributed by atoms with Crippen LogP contribution in [-0.4, -0.2) is 42.0 Å². The molecule has 4 aromatic rings. The van der Waals surface area contributed by atoms with Gasteiger partial charge in [0.15, 0.2) is 0 Å². The number of carbonyl (C=O) groups is 1. The largest absolute Gasteiger partial charge is 0.508 e. The second-order valence-electron chi connectivity index (χ2n) is 9.39. The van der Waals surface area contributed by atoms with Crippen LogP contribution in [0.15, 0.2) is 66.7 Å². The SMILES string of the molecule is CCc1ccccc1C(=O)c1sc2cc(O)ccc2c1-c1ccc(OCCN2CC[C@@H](C)C2)cc1. The van der Waals surface area contributed by atoms with Crippen molar-refractivity contribution >= 4 is 27.2 Å². The average molecular weight is 486 g/mol. The summed E-state index contributed by atoms with van der Waals surface area (Å²) in [7, 11) is 0. The Morgan fingerprint density at radius 3 is 2.66 bits per heavy atom. The van der Waals surface area contributed by atoms with Crippen LogP contribution in [0.25, 0.3) is 21.2 Å². The van der Waals surface area contributed by atoms with Gasteiger partial charge in [0.05, 0.1) is 4.88 Å². The van der Waals surface area contributed by atoms with Crippen LogP contribution in [-0.2, 0) is 6.42 Å². The van der Waals surface area contributed by atoms with E-state index in [1.54, 1.807) is 12.1 Å². The molecule has 0 saturated carbocycles. The van der Waals surface area contributed by atoms with Crippen LogP contribution in [0.3, 0.4) is 0 Å². The number of hydrogen-bond donors (Lipinski definition) is 1. The zero-order chi connectivity index (χ0) is 24.4. The summed E-state index contributed by atoms with van der Waals surface area (Å²) in [6.45, 7) is 8.29. The number of hydrogen-bond acceptors (Lipinski definition) is 5. The van der Waals surface area contributed by atoms with E-state index in [0.717, 1.165) is 70.1 Å². The predicted molar refractivity (Wildman–Crippen MR) is 144 cm³/mol. The highest BCUT2D eigenvalue weighted by Crippen LogP contribution is 2.42. The molecule has 0 spiro atoms. The van der Waals surface area contributed by atoms with Crippen LogP contribution in [0.1, 0.15) is 41.1 Å². The zero-order valence-electron chi connectivity index (χ0n) is 20.3. The summed E-state index contributed by atoms with van der Waals surface area (Å²) in [5, 5.41) is 11.0. The topological polar surface area (TPSA) is 49.8 Å². The summed E-state index contributed by atoms with van der Waals surface area (Å²) in [6, 6.07) is 21.2. The Balaban J connectivity index is 1.44. The third kappa shape index (κ3) is 4.97. The first-order valence-electron chi connectivity index (χ1n) is 12.4. The average Bonchev–Trinajstić information content (AvgIpc) is 3.46. The van der Waals surface area contributed by atoms with Crippen molar-refractivity contribution in [3.63, 3.8) is 0 Å². The fourth-order valence-electron chi connectivity index (χ4n) is 4.94. The Morgan fingerprint density at radius 1 is 1.11 bits per heavy atom. The Hall–Kier alpha value is -3.15. The molecular weight excluding hydrogens is 454 g/mol. The number of nitrogens with zero attached hydrogens (tertiary/aromatic N) is 1. The van der Waals surface area contributed by atoms with E-state index < -0.39 is 0 Å². The maximum atomic E-state index is 13.8. The number of benzene rings is 3. The molecule has 180 valence electrons. The number of ether oxygens (including phenoxy) is 1. The fourth-order valence-corrected chi connectivity index (χ4v) is 6.16. The molecular formula is C30H31NO3S. The lowest BCUT2D eigenvalue weighted by molar-refractivity contribution is 0.104. The molecule has 1 aromatic heterocycles. The Morgan fingerprint density at radius 2 is 1.91 bits per heavy atom. The molecule has 1 fully saturated rings. The number of ketones is 1. The lowest BCUT2D eigenvalue weighted by Gasteiger charge is -2.15. The highest BCUT2D eigenvalue weighted by atomic mass is 32.1. The van der Waals surface area contributed by atoms with Gasteiger partial charge in [0.2, 0.25) is 5.78 Å². The molecule has 35 heavy (non-hydrogen) atoms. The highest BCUT2D eigenvalue weighted by molar-refractivity contribution is 7.21. The number of thiophene rings is 1. The van der Waals surface area contributed by atoms with E-state index in [9.17, 15) is 9.90 Å². The second-order valence-corrected chi connectivity index (χ2v) is 10.4. The predicted octanol–water partition coefficient (Wildman–Crippen LogP) is 6.79. The first kappa shape index (κ1) is 23.6. The van der Waals surface area contributed by atoms with Crippen LogP contribution >= 0.6 is 11.3 Å². The third-order valence-electron chi connectivity index (χ3n) is 6.85. The van der Waals surface area contributed by atoms with Crippen LogP contribution < -0.4 is 4.74 Å². The van der Waals surface area contributed by atoms with Crippen molar-refractivity contribution in [2.24, 2.45) is 5.92 Å². The van der Waals surface area contributed by atoms with E-state index in [1.807, 2.05) is 54.6 Å². The first-order valence-corrected chi connectivity index (χ1v) is 13.2. The Bertz CT molecular complexity index is 1340. The molecule has 0 bridgehead atoms. The Kier molecular flexibility index (Phi) is 6.89. The molecule has 5 heteroatoms. The lowest BCUT2D eigenvalue weighted by Crippen LogP contribution is -2.25. The Labute approximate surface area is 210 Å². The molecule has 2 heterocycles. The monoisotopic (exact) mass is 485 g/mol. The van der Waals surface area contributed by atoms with Crippen molar-refractivity contribution < 1.29 is 14.6 Å². The van der Waals surface area contributed by atoms with Crippen molar-refractivity contribution in [1.82, 2.24) is 4.90 Å². The molecule has 1 saturated heterocycles. The van der Waals surface area contributed by atoms with Gasteiger partial charge in [0.25, 0.3) is 0 Å². The number of rotatable bonds is 8. The maximum absolute atomic E-state index is 13.8. The summed E-state index contributed by atoms with van der Waals surface area (Å²) >= 11 is 1.44. The van der Waals surface area contributed by atoms with E-state index in [2.05, 4.69) is 18.7 Å². The number of phenolic OH excluding ortho intramolecular Hbond substituents is 1. The summed E-state index contributed by atoms with van der Waals surface area (Å²) in [5.41, 5.74) is 3.67. The van der Waals surface area contributed by atoms with Crippen LogP contribution in [0.5, 0.6) is 11.5 Å². The second kappa shape index (κ2) is 10.2. The van der Waals surface area contributed by atoms with E-state index in [1.165, 1.54) is 17.8 Å². The van der Waals surface area contributed by atoms with Crippen molar-refractivity contribution in [1.29, 1.82) is 0 Å². The minimum atomic E-state index is 0.0262. The standard InChI is InChI=1S/C30H31NO3S/c1-3-21-6-4-5-7-25(21)29(33)30-28(26-13-10-23(32)18-27(26)35-30)22-8-11-24(12-9-22)34-17-16-31-15-14-20(2)19-31/h4-13,18,20,32H,3,14-17,19H2,1-2H3/t20-/m1/s1. The van der Waals surface area contributed by atoms with Gasteiger partial charge in [-0.15, -0.1) is 11.3 Å². The minimum absolute atomic E-state index is 0.0262. The normalized spacial score (nSPS) is 16.1. The van der Waals surface area contributed by atoms with Gasteiger partial charge in [-0.1, -0.05) is 50.2 Å². The molecule has 1 atom stereocenters. The minimum Gasteiger partial charge on any atom is -0.508 e. The first-order chi connectivity index (χ1) is 17.0. The summed E-state index contributed by atoms with van der Waals surface area (Å²) in [5.74, 6) is 1.84. The summed E-state index contributed by atoms with van der Waals surface area (Å²) in [4.78, 5) is 16.9. The lowest BCUT2D eigenvalue weighted by atomic mass is 9.95. The molecule has 0 amide bonds. The van der Waals surface area contributed by atoms with Gasteiger partial charge in [-0.2, -0.15) is 0 Å². The number of carbonyl (C=O) groups excluding carboxylic acids is 1. The van der Waals surface area contributed by atoms with E-state index in [0.29, 0.717) is 11.5 Å². The third-order valence-corrected chi connectivity index (χ3v) is 8.00. The van der Waals surface area contributed by atoms with Gasteiger partial charge in [0.1, 0.15) is 18.1 Å². The number of fused-ring (bicyclic) bond motifs is 1. The van der Waals surface area contributed by atoms with Gasteiger partial charge in [-0.25, -0.2) is 0 Å². The zero-order valence-corrected chi connectivity index (χ0v) is 21.1. The number of phenols is 1. The van der Waals surface area contributed by atoms with Crippen molar-refractivity contribution in [2.75, 3.05) is 26.2 Å². The van der Waals surface area contributed by atoms with Crippen molar-refractivity contribution in [3.8, 4) is 22.6 Å². The van der Waals surface area contributed by atoms with Crippen molar-refractivity contribution in [3.05, 3.63) is 82.7 Å². The highest BCUT2D eigenvalue weighted by Gasteiger charge is 2.23. The summed E-state index contributed by atoms with van der Waals surface area (Å²) < 4.78 is 6.92. The molecule has 1 N–H and O–H groups in total. The number of aromatic hydroxyl groups is 1. The molecule has 0 radical (unpaired) electrons. The molecule has 1 aliphatic rings. The van der Waals surface area contributed by atoms with Crippen molar-refractivity contribution in [2.45, 2.75) is 26.7 Å². The van der Waals surface area contributed by atoms with Gasteiger partial charge in [0, 0.05) is 34.3 Å². The van der Waals surface area contributed by atoms with E-state index >= 15 is 0 Å². The quantitative estimate of drug-likeness (QED) is 0.279. The fraction of sp³-hybridized carbons (Fsp3) is 0.300. The molecule has 0 aliphatic carbocycles. The van der Waals surface area contributed by atoms with Crippen LogP contribution in [0.2, 0.25) is 0 Å². The smallest absolute Gasteiger partial charge is 0.203 e. The van der Waals surface area contributed by atoms with Gasteiger partial charge < -0.3 is 9.84 Å². The molecule has 5 rings (SSSR count). The number of aryl methyl sites for hydroxylation is 1. The number of likely N-dealkylation sites (tertiary alicyclic amines) is 1. The van der Waals surface area contributed by atoms with Crippen LogP contribution in [0, 0.1) is 5.92 Å². The van der Waals surface area contributed by atoms with E-state index in [-0.39, 0.29) is 11.5 Å². The van der Waals surface area contributed by atoms with Gasteiger partial charge in [-0.3, -0.25) is 9.69 Å².